The third-order valence-corrected chi connectivity index (χ3v) is 5.49. The Kier molecular flexibility index (Phi) is 3.29. The van der Waals surface area contributed by atoms with Gasteiger partial charge in [-0.15, -0.1) is 0 Å². The summed E-state index contributed by atoms with van der Waals surface area (Å²) in [7, 11) is -2.85. The first-order valence-electron chi connectivity index (χ1n) is 6.01. The predicted octanol–water partition coefficient (Wildman–Crippen LogP) is 0.105. The van der Waals surface area contributed by atoms with Crippen molar-refractivity contribution in [2.75, 3.05) is 39.0 Å². The Balaban J connectivity index is 1.90. The Labute approximate surface area is 98.3 Å². The van der Waals surface area contributed by atoms with Crippen LogP contribution in [0.3, 0.4) is 0 Å². The molecule has 2 rings (SSSR count). The molecule has 94 valence electrons. The first-order valence-corrected chi connectivity index (χ1v) is 7.96. The van der Waals surface area contributed by atoms with E-state index in [9.17, 15) is 8.42 Å². The average molecular weight is 246 g/mol. The van der Waals surface area contributed by atoms with Crippen molar-refractivity contribution in [2.24, 2.45) is 5.41 Å². The maximum absolute atomic E-state index is 11.5. The molecule has 0 aromatic carbocycles. The van der Waals surface area contributed by atoms with E-state index in [0.717, 1.165) is 39.1 Å². The fourth-order valence-electron chi connectivity index (χ4n) is 2.83. The Morgan fingerprint density at radius 2 is 2.25 bits per heavy atom. The van der Waals surface area contributed by atoms with E-state index in [1.807, 2.05) is 0 Å². The van der Waals surface area contributed by atoms with Crippen molar-refractivity contribution in [3.63, 3.8) is 0 Å². The van der Waals surface area contributed by atoms with Gasteiger partial charge in [-0.25, -0.2) is 8.42 Å². The summed E-state index contributed by atoms with van der Waals surface area (Å²) in [5, 5.41) is 3.25. The van der Waals surface area contributed by atoms with Gasteiger partial charge in [-0.2, -0.15) is 0 Å². The summed E-state index contributed by atoms with van der Waals surface area (Å²) in [6, 6.07) is 0. The van der Waals surface area contributed by atoms with Crippen LogP contribution in [0.5, 0.6) is 0 Å². The van der Waals surface area contributed by atoms with Gasteiger partial charge in [-0.1, -0.05) is 6.92 Å². The number of hydrogen-bond donors (Lipinski definition) is 1. The molecule has 2 aliphatic rings. The fraction of sp³-hybridized carbons (Fsp3) is 1.00. The minimum Gasteiger partial charge on any atom is -0.316 e. The van der Waals surface area contributed by atoms with Crippen molar-refractivity contribution in [3.8, 4) is 0 Å². The van der Waals surface area contributed by atoms with Gasteiger partial charge < -0.3 is 10.2 Å². The number of sulfone groups is 1. The molecule has 0 aromatic rings. The maximum Gasteiger partial charge on any atom is 0.151 e. The molecule has 0 bridgehead atoms. The van der Waals surface area contributed by atoms with Crippen LogP contribution in [0.2, 0.25) is 0 Å². The van der Waals surface area contributed by atoms with E-state index in [4.69, 9.17) is 0 Å². The molecule has 4 nitrogen and oxygen atoms in total. The number of likely N-dealkylation sites (tertiary alicyclic amines) is 1. The zero-order valence-corrected chi connectivity index (χ0v) is 11.0. The van der Waals surface area contributed by atoms with Crippen molar-refractivity contribution in [2.45, 2.75) is 25.0 Å². The molecule has 2 fully saturated rings. The molecule has 2 atom stereocenters. The van der Waals surface area contributed by atoms with E-state index in [-0.39, 0.29) is 5.25 Å². The maximum atomic E-state index is 11.5. The van der Waals surface area contributed by atoms with Gasteiger partial charge in [-0.3, -0.25) is 0 Å². The quantitative estimate of drug-likeness (QED) is 0.767. The van der Waals surface area contributed by atoms with Gasteiger partial charge in [0.2, 0.25) is 0 Å². The monoisotopic (exact) mass is 246 g/mol. The molecule has 2 heterocycles. The van der Waals surface area contributed by atoms with Crippen LogP contribution in [0.1, 0.15) is 19.8 Å². The van der Waals surface area contributed by atoms with Gasteiger partial charge in [0.15, 0.2) is 9.84 Å². The van der Waals surface area contributed by atoms with Gasteiger partial charge >= 0.3 is 0 Å². The highest BCUT2D eigenvalue weighted by Gasteiger charge is 2.35. The van der Waals surface area contributed by atoms with Gasteiger partial charge in [0, 0.05) is 25.9 Å². The molecule has 16 heavy (non-hydrogen) atoms. The molecule has 2 aliphatic heterocycles. The average Bonchev–Trinajstić information content (AvgIpc) is 2.74. The topological polar surface area (TPSA) is 49.4 Å². The van der Waals surface area contributed by atoms with Gasteiger partial charge in [0.25, 0.3) is 0 Å². The Morgan fingerprint density at radius 1 is 1.50 bits per heavy atom. The summed E-state index contributed by atoms with van der Waals surface area (Å²) >= 11 is 0. The highest BCUT2D eigenvalue weighted by molar-refractivity contribution is 7.91. The molecule has 5 heteroatoms. The van der Waals surface area contributed by atoms with Crippen molar-refractivity contribution in [3.05, 3.63) is 0 Å². The van der Waals surface area contributed by atoms with Crippen LogP contribution in [0.4, 0.5) is 0 Å². The minimum atomic E-state index is -2.85. The molecule has 1 N–H and O–H groups in total. The second-order valence-corrected chi connectivity index (χ2v) is 8.04. The highest BCUT2D eigenvalue weighted by atomic mass is 32.2. The summed E-state index contributed by atoms with van der Waals surface area (Å²) in [5.74, 6) is 0. The lowest BCUT2D eigenvalue weighted by Gasteiger charge is -2.28. The van der Waals surface area contributed by atoms with Crippen LogP contribution in [0.15, 0.2) is 0 Å². The summed E-state index contributed by atoms with van der Waals surface area (Å²) in [5.41, 5.74) is 0.340. The normalized spacial score (nSPS) is 37.0. The summed E-state index contributed by atoms with van der Waals surface area (Å²) in [6.45, 7) is 7.15. The van der Waals surface area contributed by atoms with Crippen LogP contribution >= 0.6 is 0 Å². The van der Waals surface area contributed by atoms with Crippen LogP contribution in [0.25, 0.3) is 0 Å². The second kappa shape index (κ2) is 4.27. The third-order valence-electron chi connectivity index (χ3n) is 3.90. The Morgan fingerprint density at radius 3 is 2.75 bits per heavy atom. The van der Waals surface area contributed by atoms with E-state index in [0.29, 0.717) is 5.41 Å². The zero-order chi connectivity index (χ0) is 11.8. The first kappa shape index (κ1) is 12.3. The number of hydrogen-bond acceptors (Lipinski definition) is 4. The first-order chi connectivity index (χ1) is 7.39. The standard InChI is InChI=1S/C11H22N2O2S/c1-11(4-5-12-8-11)9-13-6-3-10(7-13)16(2,14)15/h10,12H,3-9H2,1-2H3. The van der Waals surface area contributed by atoms with Crippen LogP contribution < -0.4 is 5.32 Å². The molecular formula is C11H22N2O2S. The fourth-order valence-corrected chi connectivity index (χ4v) is 3.85. The van der Waals surface area contributed by atoms with Crippen molar-refractivity contribution in [1.82, 2.24) is 10.2 Å². The van der Waals surface area contributed by atoms with E-state index < -0.39 is 9.84 Å². The molecule has 0 saturated carbocycles. The Hall–Kier alpha value is -0.130. The van der Waals surface area contributed by atoms with E-state index in [1.165, 1.54) is 12.7 Å². The third kappa shape index (κ3) is 2.76. The zero-order valence-electron chi connectivity index (χ0n) is 10.2. The van der Waals surface area contributed by atoms with Crippen molar-refractivity contribution in [1.29, 1.82) is 0 Å². The van der Waals surface area contributed by atoms with E-state index in [1.54, 1.807) is 0 Å². The van der Waals surface area contributed by atoms with Crippen LogP contribution in [-0.2, 0) is 9.84 Å². The SMILES string of the molecule is CC1(CN2CCC(S(C)(=O)=O)C2)CCNC1. The van der Waals surface area contributed by atoms with Crippen molar-refractivity contribution >= 4 is 9.84 Å². The Bertz CT molecular complexity index is 347. The smallest absolute Gasteiger partial charge is 0.151 e. The number of nitrogens with zero attached hydrogens (tertiary/aromatic N) is 1. The molecule has 0 amide bonds. The summed E-state index contributed by atoms with van der Waals surface area (Å²) in [4.78, 5) is 2.32. The molecule has 0 aliphatic carbocycles. The van der Waals surface area contributed by atoms with Crippen LogP contribution in [0, 0.1) is 5.41 Å². The lowest BCUT2D eigenvalue weighted by Crippen LogP contribution is -2.37. The lowest BCUT2D eigenvalue weighted by atomic mass is 9.89. The number of nitrogens with one attached hydrogen (secondary N) is 1. The van der Waals surface area contributed by atoms with Gasteiger partial charge in [0.1, 0.15) is 0 Å². The minimum absolute atomic E-state index is 0.134. The number of rotatable bonds is 3. The summed E-state index contributed by atoms with van der Waals surface area (Å²) < 4.78 is 22.9. The van der Waals surface area contributed by atoms with E-state index in [2.05, 4.69) is 17.1 Å². The molecule has 0 spiro atoms. The molecule has 0 radical (unpaired) electrons. The van der Waals surface area contributed by atoms with Gasteiger partial charge in [-0.05, 0) is 31.3 Å². The van der Waals surface area contributed by atoms with Gasteiger partial charge in [0.05, 0.1) is 5.25 Å². The molecular weight excluding hydrogens is 224 g/mol. The molecule has 0 aromatic heterocycles. The highest BCUT2D eigenvalue weighted by Crippen LogP contribution is 2.28. The summed E-state index contributed by atoms with van der Waals surface area (Å²) in [6.07, 6.45) is 3.37. The van der Waals surface area contributed by atoms with Crippen LogP contribution in [-0.4, -0.2) is 57.5 Å². The largest absolute Gasteiger partial charge is 0.316 e. The molecule has 2 unspecified atom stereocenters. The molecule has 2 saturated heterocycles. The predicted molar refractivity (Wildman–Crippen MR) is 65.3 cm³/mol. The van der Waals surface area contributed by atoms with E-state index >= 15 is 0 Å². The lowest BCUT2D eigenvalue weighted by molar-refractivity contribution is 0.209. The van der Waals surface area contributed by atoms with Crippen molar-refractivity contribution < 1.29 is 8.42 Å². The second-order valence-electron chi connectivity index (χ2n) is 5.71.